The van der Waals surface area contributed by atoms with Crippen molar-refractivity contribution >= 4 is 28.9 Å². The van der Waals surface area contributed by atoms with Crippen LogP contribution in [0.3, 0.4) is 0 Å². The van der Waals surface area contributed by atoms with Crippen LogP contribution >= 0.6 is 11.6 Å². The summed E-state index contributed by atoms with van der Waals surface area (Å²) < 4.78 is 0. The van der Waals surface area contributed by atoms with Gasteiger partial charge >= 0.3 is 0 Å². The number of amides is 1. The molecule has 2 rings (SSSR count). The molecule has 1 N–H and O–H groups in total. The van der Waals surface area contributed by atoms with Crippen LogP contribution in [0.5, 0.6) is 0 Å². The van der Waals surface area contributed by atoms with E-state index in [9.17, 15) is 4.79 Å². The topological polar surface area (TPSA) is 32.3 Å². The van der Waals surface area contributed by atoms with Crippen LogP contribution < -0.4 is 10.2 Å². The summed E-state index contributed by atoms with van der Waals surface area (Å²) in [6.45, 7) is 8.29. The van der Waals surface area contributed by atoms with Gasteiger partial charge in [0.05, 0.1) is 0 Å². The molecule has 25 heavy (non-hydrogen) atoms. The Labute approximate surface area is 156 Å². The SMILES string of the molecule is CCN(CC)c1ccc(NC(=O)CCCc2ccc(Cl)cc2)c(C)c1. The summed E-state index contributed by atoms with van der Waals surface area (Å²) in [5.41, 5.74) is 4.39. The molecule has 0 bridgehead atoms. The molecule has 0 unspecified atom stereocenters. The number of nitrogens with one attached hydrogen (secondary N) is 1. The molecule has 0 saturated carbocycles. The van der Waals surface area contributed by atoms with Gasteiger partial charge in [0.2, 0.25) is 5.91 Å². The van der Waals surface area contributed by atoms with Gasteiger partial charge in [0.25, 0.3) is 0 Å². The third-order valence-electron chi connectivity index (χ3n) is 4.40. The van der Waals surface area contributed by atoms with Crippen molar-refractivity contribution in [2.45, 2.75) is 40.0 Å². The first kappa shape index (κ1) is 19.3. The molecule has 1 amide bonds. The first-order valence-electron chi connectivity index (χ1n) is 8.93. The zero-order valence-corrected chi connectivity index (χ0v) is 16.1. The molecule has 0 radical (unpaired) electrons. The average molecular weight is 359 g/mol. The molecule has 0 atom stereocenters. The third kappa shape index (κ3) is 5.79. The first-order chi connectivity index (χ1) is 12.0. The second-order valence-corrected chi connectivity index (χ2v) is 6.64. The summed E-state index contributed by atoms with van der Waals surface area (Å²) in [4.78, 5) is 14.5. The zero-order chi connectivity index (χ0) is 18.2. The maximum absolute atomic E-state index is 12.2. The standard InChI is InChI=1S/C21H27ClN2O/c1-4-24(5-2)19-13-14-20(16(3)15-19)23-21(25)8-6-7-17-9-11-18(22)12-10-17/h9-15H,4-8H2,1-3H3,(H,23,25). The van der Waals surface area contributed by atoms with Crippen LogP contribution in [0.2, 0.25) is 5.02 Å². The van der Waals surface area contributed by atoms with Gasteiger partial charge in [-0.3, -0.25) is 4.79 Å². The Bertz CT molecular complexity index is 694. The molecule has 2 aromatic carbocycles. The van der Waals surface area contributed by atoms with E-state index >= 15 is 0 Å². The van der Waals surface area contributed by atoms with Crippen LogP contribution in [-0.2, 0) is 11.2 Å². The number of rotatable bonds is 8. The molecule has 0 aliphatic carbocycles. The van der Waals surface area contributed by atoms with Gasteiger partial charge in [0.1, 0.15) is 0 Å². The van der Waals surface area contributed by atoms with Crippen LogP contribution in [0.1, 0.15) is 37.8 Å². The van der Waals surface area contributed by atoms with Crippen molar-refractivity contribution in [1.29, 1.82) is 0 Å². The molecule has 0 fully saturated rings. The van der Waals surface area contributed by atoms with Crippen LogP contribution in [0.15, 0.2) is 42.5 Å². The van der Waals surface area contributed by atoms with Crippen molar-refractivity contribution in [2.75, 3.05) is 23.3 Å². The fraction of sp³-hybridized carbons (Fsp3) is 0.381. The highest BCUT2D eigenvalue weighted by atomic mass is 35.5. The minimum atomic E-state index is 0.0626. The summed E-state index contributed by atoms with van der Waals surface area (Å²) in [7, 11) is 0. The Balaban J connectivity index is 1.86. The summed E-state index contributed by atoms with van der Waals surface area (Å²) in [6, 6.07) is 14.0. The molecule has 3 nitrogen and oxygen atoms in total. The lowest BCUT2D eigenvalue weighted by molar-refractivity contribution is -0.116. The Morgan fingerprint density at radius 2 is 1.76 bits per heavy atom. The number of hydrogen-bond donors (Lipinski definition) is 1. The number of carbonyl (C=O) groups is 1. The van der Waals surface area contributed by atoms with Gasteiger partial charge in [-0.15, -0.1) is 0 Å². The number of carbonyl (C=O) groups excluding carboxylic acids is 1. The monoisotopic (exact) mass is 358 g/mol. The van der Waals surface area contributed by atoms with Gasteiger partial charge in [0, 0.05) is 35.9 Å². The van der Waals surface area contributed by atoms with Crippen molar-refractivity contribution in [2.24, 2.45) is 0 Å². The molecule has 0 spiro atoms. The van der Waals surface area contributed by atoms with Gasteiger partial charge in [-0.2, -0.15) is 0 Å². The van der Waals surface area contributed by atoms with Crippen LogP contribution in [0.25, 0.3) is 0 Å². The summed E-state index contributed by atoms with van der Waals surface area (Å²) in [5, 5.41) is 3.77. The molecule has 0 aromatic heterocycles. The van der Waals surface area contributed by atoms with E-state index in [2.05, 4.69) is 36.2 Å². The maximum Gasteiger partial charge on any atom is 0.224 e. The normalized spacial score (nSPS) is 10.6. The van der Waals surface area contributed by atoms with Crippen LogP contribution in [-0.4, -0.2) is 19.0 Å². The lowest BCUT2D eigenvalue weighted by Crippen LogP contribution is -2.22. The van der Waals surface area contributed by atoms with E-state index in [1.165, 1.54) is 11.3 Å². The molecule has 0 saturated heterocycles. The van der Waals surface area contributed by atoms with Gasteiger partial charge < -0.3 is 10.2 Å². The van der Waals surface area contributed by atoms with E-state index in [0.717, 1.165) is 42.2 Å². The lowest BCUT2D eigenvalue weighted by atomic mass is 10.1. The highest BCUT2D eigenvalue weighted by Crippen LogP contribution is 2.23. The van der Waals surface area contributed by atoms with E-state index in [1.807, 2.05) is 37.3 Å². The second-order valence-electron chi connectivity index (χ2n) is 6.20. The average Bonchev–Trinajstić information content (AvgIpc) is 2.60. The number of aryl methyl sites for hydroxylation is 2. The van der Waals surface area contributed by atoms with Gasteiger partial charge in [-0.1, -0.05) is 23.7 Å². The summed E-state index contributed by atoms with van der Waals surface area (Å²) >= 11 is 5.88. The number of hydrogen-bond acceptors (Lipinski definition) is 2. The number of nitrogens with zero attached hydrogens (tertiary/aromatic N) is 1. The van der Waals surface area contributed by atoms with E-state index in [4.69, 9.17) is 11.6 Å². The van der Waals surface area contributed by atoms with E-state index < -0.39 is 0 Å². The minimum Gasteiger partial charge on any atom is -0.372 e. The Hall–Kier alpha value is -2.00. The zero-order valence-electron chi connectivity index (χ0n) is 15.3. The summed E-state index contributed by atoms with van der Waals surface area (Å²) in [6.07, 6.45) is 2.22. The predicted molar refractivity (Wildman–Crippen MR) is 108 cm³/mol. The molecule has 4 heteroatoms. The molecule has 134 valence electrons. The fourth-order valence-electron chi connectivity index (χ4n) is 2.89. The largest absolute Gasteiger partial charge is 0.372 e. The van der Waals surface area contributed by atoms with Gasteiger partial charge in [0.15, 0.2) is 0 Å². The van der Waals surface area contributed by atoms with Crippen molar-refractivity contribution < 1.29 is 4.79 Å². The molecule has 0 heterocycles. The quantitative estimate of drug-likeness (QED) is 0.679. The highest BCUT2D eigenvalue weighted by molar-refractivity contribution is 6.30. The van der Waals surface area contributed by atoms with E-state index in [-0.39, 0.29) is 5.91 Å². The molecule has 0 aliphatic rings. The van der Waals surface area contributed by atoms with Crippen LogP contribution in [0, 0.1) is 6.92 Å². The van der Waals surface area contributed by atoms with Crippen molar-refractivity contribution in [3.63, 3.8) is 0 Å². The number of benzene rings is 2. The Morgan fingerprint density at radius 3 is 2.36 bits per heavy atom. The highest BCUT2D eigenvalue weighted by Gasteiger charge is 2.08. The predicted octanol–water partition coefficient (Wildman–Crippen LogP) is 5.46. The minimum absolute atomic E-state index is 0.0626. The van der Waals surface area contributed by atoms with Crippen molar-refractivity contribution in [3.8, 4) is 0 Å². The van der Waals surface area contributed by atoms with E-state index in [1.54, 1.807) is 0 Å². The lowest BCUT2D eigenvalue weighted by Gasteiger charge is -2.22. The molecule has 0 aliphatic heterocycles. The van der Waals surface area contributed by atoms with E-state index in [0.29, 0.717) is 6.42 Å². The molecular formula is C21H27ClN2O. The van der Waals surface area contributed by atoms with Gasteiger partial charge in [-0.05, 0) is 75.1 Å². The third-order valence-corrected chi connectivity index (χ3v) is 4.65. The second kappa shape index (κ2) is 9.47. The Kier molecular flexibility index (Phi) is 7.32. The van der Waals surface area contributed by atoms with Crippen molar-refractivity contribution in [1.82, 2.24) is 0 Å². The van der Waals surface area contributed by atoms with Crippen molar-refractivity contribution in [3.05, 3.63) is 58.6 Å². The number of halogens is 1. The summed E-state index contributed by atoms with van der Waals surface area (Å²) in [5.74, 6) is 0.0626. The van der Waals surface area contributed by atoms with Crippen LogP contribution in [0.4, 0.5) is 11.4 Å². The fourth-order valence-corrected chi connectivity index (χ4v) is 3.02. The smallest absolute Gasteiger partial charge is 0.224 e. The first-order valence-corrected chi connectivity index (χ1v) is 9.31. The number of anilines is 2. The molecule has 2 aromatic rings. The van der Waals surface area contributed by atoms with Gasteiger partial charge in [-0.25, -0.2) is 0 Å². The maximum atomic E-state index is 12.2. The Morgan fingerprint density at radius 1 is 1.08 bits per heavy atom. The molecular weight excluding hydrogens is 332 g/mol.